The van der Waals surface area contributed by atoms with Crippen molar-refractivity contribution in [3.8, 4) is 0 Å². The van der Waals surface area contributed by atoms with Gasteiger partial charge in [-0.3, -0.25) is 19.3 Å². The van der Waals surface area contributed by atoms with Crippen LogP contribution in [0.4, 0.5) is 0 Å². The van der Waals surface area contributed by atoms with Gasteiger partial charge in [-0.15, -0.1) is 0 Å². The zero-order valence-electron chi connectivity index (χ0n) is 12.6. The van der Waals surface area contributed by atoms with E-state index in [1.807, 2.05) is 6.92 Å². The molecule has 3 rings (SSSR count). The number of rotatable bonds is 5. The van der Waals surface area contributed by atoms with Gasteiger partial charge in [-0.05, 0) is 19.1 Å². The van der Waals surface area contributed by atoms with Crippen molar-refractivity contribution in [1.29, 1.82) is 0 Å². The van der Waals surface area contributed by atoms with Gasteiger partial charge in [0.15, 0.2) is 0 Å². The van der Waals surface area contributed by atoms with E-state index in [1.54, 1.807) is 30.5 Å². The van der Waals surface area contributed by atoms with E-state index in [-0.39, 0.29) is 12.5 Å². The molecule has 0 bridgehead atoms. The lowest BCUT2D eigenvalue weighted by atomic mass is 10.1. The van der Waals surface area contributed by atoms with Gasteiger partial charge in [-0.2, -0.15) is 0 Å². The molecule has 2 aromatic rings. The largest absolute Gasteiger partial charge is 0.354 e. The zero-order chi connectivity index (χ0) is 16.4. The first-order valence-electron chi connectivity index (χ1n) is 7.28. The lowest BCUT2D eigenvalue weighted by Crippen LogP contribution is -2.40. The van der Waals surface area contributed by atoms with Crippen LogP contribution in [-0.4, -0.2) is 45.7 Å². The molecule has 23 heavy (non-hydrogen) atoms. The van der Waals surface area contributed by atoms with Gasteiger partial charge in [0.2, 0.25) is 5.91 Å². The van der Waals surface area contributed by atoms with Crippen LogP contribution in [0.15, 0.2) is 30.5 Å². The predicted octanol–water partition coefficient (Wildman–Crippen LogP) is 0.673. The van der Waals surface area contributed by atoms with E-state index in [0.29, 0.717) is 24.1 Å². The molecule has 2 heterocycles. The number of benzene rings is 1. The van der Waals surface area contributed by atoms with Gasteiger partial charge < -0.3 is 10.3 Å². The topological polar surface area (TPSA) is 95.2 Å². The highest BCUT2D eigenvalue weighted by molar-refractivity contribution is 6.22. The minimum absolute atomic E-state index is 0.269. The maximum atomic E-state index is 12.2. The molecule has 118 valence electrons. The van der Waals surface area contributed by atoms with E-state index in [4.69, 9.17) is 0 Å². The monoisotopic (exact) mass is 312 g/mol. The van der Waals surface area contributed by atoms with Crippen LogP contribution in [0.25, 0.3) is 0 Å². The molecule has 7 heteroatoms. The maximum Gasteiger partial charge on any atom is 0.262 e. The fourth-order valence-electron chi connectivity index (χ4n) is 2.52. The number of hydrogen-bond acceptors (Lipinski definition) is 4. The Hall–Kier alpha value is -2.96. The number of nitrogens with one attached hydrogen (secondary N) is 2. The number of H-pyrrole nitrogens is 1. The van der Waals surface area contributed by atoms with Crippen molar-refractivity contribution >= 4 is 17.7 Å². The number of carbonyl (C=O) groups is 3. The number of hydrogen-bond donors (Lipinski definition) is 2. The molecule has 1 aliphatic rings. The van der Waals surface area contributed by atoms with Crippen molar-refractivity contribution in [2.45, 2.75) is 13.3 Å². The second-order valence-electron chi connectivity index (χ2n) is 5.34. The summed E-state index contributed by atoms with van der Waals surface area (Å²) in [6.07, 6.45) is 2.32. The van der Waals surface area contributed by atoms with Crippen molar-refractivity contribution in [2.24, 2.45) is 0 Å². The predicted molar refractivity (Wildman–Crippen MR) is 81.8 cm³/mol. The van der Waals surface area contributed by atoms with Gasteiger partial charge >= 0.3 is 0 Å². The van der Waals surface area contributed by atoms with Crippen LogP contribution in [-0.2, 0) is 11.2 Å². The summed E-state index contributed by atoms with van der Waals surface area (Å²) in [7, 11) is 0. The van der Waals surface area contributed by atoms with Gasteiger partial charge in [0.1, 0.15) is 12.4 Å². The van der Waals surface area contributed by atoms with Crippen molar-refractivity contribution in [2.75, 3.05) is 13.1 Å². The lowest BCUT2D eigenvalue weighted by molar-refractivity contribution is -0.121. The van der Waals surface area contributed by atoms with Crippen LogP contribution in [0.3, 0.4) is 0 Å². The fourth-order valence-corrected chi connectivity index (χ4v) is 2.52. The number of fused-ring (bicyclic) bond motifs is 1. The van der Waals surface area contributed by atoms with E-state index < -0.39 is 11.8 Å². The Balaban J connectivity index is 1.54. The molecule has 0 unspecified atom stereocenters. The molecule has 1 aliphatic heterocycles. The Kier molecular flexibility index (Phi) is 3.92. The van der Waals surface area contributed by atoms with E-state index in [1.165, 1.54) is 0 Å². The highest BCUT2D eigenvalue weighted by Gasteiger charge is 2.36. The Bertz CT molecular complexity index is 746. The average Bonchev–Trinajstić information content (AvgIpc) is 3.05. The third kappa shape index (κ3) is 2.98. The summed E-state index contributed by atoms with van der Waals surface area (Å²) in [5.74, 6) is -0.400. The highest BCUT2D eigenvalue weighted by atomic mass is 16.2. The minimum atomic E-state index is -0.426. The number of aryl methyl sites for hydroxylation is 1. The van der Waals surface area contributed by atoms with Gasteiger partial charge in [0.05, 0.1) is 11.1 Å². The molecule has 0 spiro atoms. The first kappa shape index (κ1) is 15.0. The number of nitrogens with zero attached hydrogens (tertiary/aromatic N) is 2. The molecule has 2 N–H and O–H groups in total. The molecular weight excluding hydrogens is 296 g/mol. The SMILES string of the molecule is Cc1ncc(CCNC(=O)CN2C(=O)c3ccccc3C2=O)[nH]1. The number of amides is 3. The summed E-state index contributed by atoms with van der Waals surface area (Å²) in [5.41, 5.74) is 1.61. The Morgan fingerprint density at radius 3 is 2.43 bits per heavy atom. The van der Waals surface area contributed by atoms with Crippen LogP contribution < -0.4 is 5.32 Å². The molecule has 0 saturated heterocycles. The third-order valence-corrected chi connectivity index (χ3v) is 3.65. The average molecular weight is 312 g/mol. The summed E-state index contributed by atoms with van der Waals surface area (Å²) in [6.45, 7) is 1.99. The van der Waals surface area contributed by atoms with Crippen molar-refractivity contribution < 1.29 is 14.4 Å². The van der Waals surface area contributed by atoms with Crippen LogP contribution in [0.1, 0.15) is 32.2 Å². The summed E-state index contributed by atoms with van der Waals surface area (Å²) in [5, 5.41) is 2.70. The van der Waals surface area contributed by atoms with Gasteiger partial charge in [-0.25, -0.2) is 4.98 Å². The summed E-state index contributed by atoms with van der Waals surface area (Å²) < 4.78 is 0. The molecule has 3 amide bonds. The highest BCUT2D eigenvalue weighted by Crippen LogP contribution is 2.21. The Labute approximate surface area is 132 Å². The second kappa shape index (κ2) is 6.04. The number of aromatic amines is 1. The first-order chi connectivity index (χ1) is 11.1. The van der Waals surface area contributed by atoms with Crippen molar-refractivity contribution in [1.82, 2.24) is 20.2 Å². The third-order valence-electron chi connectivity index (χ3n) is 3.65. The summed E-state index contributed by atoms with van der Waals surface area (Å²) in [6, 6.07) is 6.57. The molecule has 0 radical (unpaired) electrons. The number of imide groups is 1. The molecule has 1 aromatic carbocycles. The molecule has 0 fully saturated rings. The van der Waals surface area contributed by atoms with Crippen molar-refractivity contribution in [3.05, 3.63) is 53.1 Å². The standard InChI is InChI=1S/C16H16N4O3/c1-10-18-8-11(19-10)6-7-17-14(21)9-20-15(22)12-4-2-3-5-13(12)16(20)23/h2-5,8H,6-7,9H2,1H3,(H,17,21)(H,18,19). The van der Waals surface area contributed by atoms with Crippen LogP contribution in [0.5, 0.6) is 0 Å². The maximum absolute atomic E-state index is 12.2. The summed E-state index contributed by atoms with van der Waals surface area (Å²) >= 11 is 0. The number of carbonyl (C=O) groups excluding carboxylic acids is 3. The first-order valence-corrected chi connectivity index (χ1v) is 7.28. The molecular formula is C16H16N4O3. The van der Waals surface area contributed by atoms with Crippen LogP contribution in [0.2, 0.25) is 0 Å². The molecule has 0 atom stereocenters. The molecule has 0 aliphatic carbocycles. The van der Waals surface area contributed by atoms with E-state index in [9.17, 15) is 14.4 Å². The molecule has 0 saturated carbocycles. The fraction of sp³-hybridized carbons (Fsp3) is 0.250. The van der Waals surface area contributed by atoms with Gasteiger partial charge in [0, 0.05) is 24.9 Å². The van der Waals surface area contributed by atoms with E-state index in [0.717, 1.165) is 16.4 Å². The van der Waals surface area contributed by atoms with Crippen LogP contribution >= 0.6 is 0 Å². The van der Waals surface area contributed by atoms with Crippen LogP contribution in [0, 0.1) is 6.92 Å². The minimum Gasteiger partial charge on any atom is -0.354 e. The lowest BCUT2D eigenvalue weighted by Gasteiger charge is -2.13. The smallest absolute Gasteiger partial charge is 0.262 e. The van der Waals surface area contributed by atoms with Gasteiger partial charge in [0.25, 0.3) is 11.8 Å². The number of imidazole rings is 1. The molecule has 7 nitrogen and oxygen atoms in total. The summed E-state index contributed by atoms with van der Waals surface area (Å²) in [4.78, 5) is 44.4. The zero-order valence-corrected chi connectivity index (χ0v) is 12.6. The number of aromatic nitrogens is 2. The van der Waals surface area contributed by atoms with Crippen molar-refractivity contribution in [3.63, 3.8) is 0 Å². The normalized spacial score (nSPS) is 13.3. The second-order valence-corrected chi connectivity index (χ2v) is 5.34. The Morgan fingerprint density at radius 2 is 1.87 bits per heavy atom. The quantitative estimate of drug-likeness (QED) is 0.793. The van der Waals surface area contributed by atoms with E-state index in [2.05, 4.69) is 15.3 Å². The van der Waals surface area contributed by atoms with Gasteiger partial charge in [-0.1, -0.05) is 12.1 Å². The Morgan fingerprint density at radius 1 is 1.22 bits per heavy atom. The molecule has 1 aromatic heterocycles. The van der Waals surface area contributed by atoms with E-state index >= 15 is 0 Å².